The molecule has 0 aliphatic carbocycles. The summed E-state index contributed by atoms with van der Waals surface area (Å²) in [5.41, 5.74) is 2.11. The van der Waals surface area contributed by atoms with E-state index in [0.29, 0.717) is 5.69 Å². The van der Waals surface area contributed by atoms with Crippen LogP contribution in [0.5, 0.6) is 0 Å². The van der Waals surface area contributed by atoms with E-state index in [9.17, 15) is 13.2 Å². The minimum absolute atomic E-state index is 0. The maximum Gasteiger partial charge on any atom is 0.417 e. The number of aromatic nitrogens is 1. The maximum atomic E-state index is 12.1. The van der Waals surface area contributed by atoms with Crippen LogP contribution in [-0.2, 0) is 6.18 Å². The van der Waals surface area contributed by atoms with Gasteiger partial charge in [-0.15, -0.1) is 24.8 Å². The van der Waals surface area contributed by atoms with E-state index >= 15 is 0 Å². The molecule has 0 saturated carbocycles. The van der Waals surface area contributed by atoms with Gasteiger partial charge in [0.2, 0.25) is 0 Å². The Labute approximate surface area is 103 Å². The van der Waals surface area contributed by atoms with E-state index in [4.69, 9.17) is 5.84 Å². The number of nitrogens with two attached hydrogens (primary N) is 1. The first-order valence-corrected chi connectivity index (χ1v) is 3.94. The SMILES string of the molecule is CC(NN)c1ccc(C(F)(F)F)cn1.Cl.Cl. The lowest BCUT2D eigenvalue weighted by atomic mass is 10.2. The molecular formula is C8H12Cl2F3N3. The van der Waals surface area contributed by atoms with Crippen LogP contribution in [0.2, 0.25) is 0 Å². The molecule has 0 aliphatic heterocycles. The summed E-state index contributed by atoms with van der Waals surface area (Å²) >= 11 is 0. The zero-order valence-corrected chi connectivity index (χ0v) is 9.92. The highest BCUT2D eigenvalue weighted by atomic mass is 35.5. The van der Waals surface area contributed by atoms with Crippen molar-refractivity contribution in [2.24, 2.45) is 5.84 Å². The van der Waals surface area contributed by atoms with Crippen LogP contribution in [0.4, 0.5) is 13.2 Å². The average Bonchev–Trinajstić information content (AvgIpc) is 2.15. The minimum Gasteiger partial charge on any atom is -0.271 e. The molecule has 0 amide bonds. The fourth-order valence-corrected chi connectivity index (χ4v) is 0.915. The van der Waals surface area contributed by atoms with Gasteiger partial charge >= 0.3 is 6.18 Å². The Kier molecular flexibility index (Phi) is 7.69. The fraction of sp³-hybridized carbons (Fsp3) is 0.375. The molecule has 8 heteroatoms. The lowest BCUT2D eigenvalue weighted by Crippen LogP contribution is -2.26. The molecule has 1 aromatic heterocycles. The third-order valence-corrected chi connectivity index (χ3v) is 1.81. The lowest BCUT2D eigenvalue weighted by molar-refractivity contribution is -0.137. The molecule has 0 fully saturated rings. The van der Waals surface area contributed by atoms with E-state index in [1.54, 1.807) is 6.92 Å². The molecule has 3 N–H and O–H groups in total. The maximum absolute atomic E-state index is 12.1. The number of nitrogens with zero attached hydrogens (tertiary/aromatic N) is 1. The highest BCUT2D eigenvalue weighted by Crippen LogP contribution is 2.28. The van der Waals surface area contributed by atoms with Gasteiger partial charge in [0.1, 0.15) is 0 Å². The molecule has 0 spiro atoms. The van der Waals surface area contributed by atoms with E-state index in [2.05, 4.69) is 10.4 Å². The molecule has 0 aliphatic rings. The molecule has 1 aromatic rings. The molecule has 94 valence electrons. The van der Waals surface area contributed by atoms with Gasteiger partial charge in [-0.25, -0.2) is 0 Å². The lowest BCUT2D eigenvalue weighted by Gasteiger charge is -2.10. The van der Waals surface area contributed by atoms with E-state index in [1.165, 1.54) is 6.07 Å². The standard InChI is InChI=1S/C8H10F3N3.2ClH/c1-5(14-12)7-3-2-6(4-13-7)8(9,10)11;;/h2-5,14H,12H2,1H3;2*1H. The monoisotopic (exact) mass is 277 g/mol. The molecule has 16 heavy (non-hydrogen) atoms. The average molecular weight is 278 g/mol. The normalized spacial score (nSPS) is 12.3. The fourth-order valence-electron chi connectivity index (χ4n) is 0.915. The highest BCUT2D eigenvalue weighted by Gasteiger charge is 2.30. The Balaban J connectivity index is 0. The van der Waals surface area contributed by atoms with Crippen LogP contribution in [0.3, 0.4) is 0 Å². The second-order valence-corrected chi connectivity index (χ2v) is 2.86. The molecule has 1 atom stereocenters. The first-order valence-electron chi connectivity index (χ1n) is 3.94. The zero-order valence-electron chi connectivity index (χ0n) is 8.28. The van der Waals surface area contributed by atoms with Crippen LogP contribution >= 0.6 is 24.8 Å². The number of nitrogens with one attached hydrogen (secondary N) is 1. The first-order chi connectivity index (χ1) is 6.45. The Bertz CT molecular complexity index is 302. The van der Waals surface area contributed by atoms with E-state index < -0.39 is 11.7 Å². The van der Waals surface area contributed by atoms with Crippen LogP contribution in [-0.4, -0.2) is 4.98 Å². The van der Waals surface area contributed by atoms with Gasteiger partial charge in [-0.2, -0.15) is 13.2 Å². The summed E-state index contributed by atoms with van der Waals surface area (Å²) in [6, 6.07) is 2.01. The van der Waals surface area contributed by atoms with Gasteiger partial charge in [0, 0.05) is 6.20 Å². The predicted molar refractivity (Wildman–Crippen MR) is 59.5 cm³/mol. The van der Waals surface area contributed by atoms with E-state index in [-0.39, 0.29) is 30.9 Å². The summed E-state index contributed by atoms with van der Waals surface area (Å²) < 4.78 is 36.4. The number of hydrogen-bond acceptors (Lipinski definition) is 3. The van der Waals surface area contributed by atoms with Crippen molar-refractivity contribution >= 4 is 24.8 Å². The van der Waals surface area contributed by atoms with Crippen LogP contribution in [0, 0.1) is 0 Å². The molecule has 0 aromatic carbocycles. The van der Waals surface area contributed by atoms with Crippen molar-refractivity contribution in [3.05, 3.63) is 29.6 Å². The molecule has 0 radical (unpaired) electrons. The van der Waals surface area contributed by atoms with Crippen molar-refractivity contribution in [2.45, 2.75) is 19.1 Å². The quantitative estimate of drug-likeness (QED) is 0.645. The van der Waals surface area contributed by atoms with Crippen molar-refractivity contribution in [3.8, 4) is 0 Å². The number of hydrogen-bond donors (Lipinski definition) is 2. The van der Waals surface area contributed by atoms with Crippen molar-refractivity contribution in [1.82, 2.24) is 10.4 Å². The summed E-state index contributed by atoms with van der Waals surface area (Å²) in [7, 11) is 0. The third-order valence-electron chi connectivity index (χ3n) is 1.81. The summed E-state index contributed by atoms with van der Waals surface area (Å²) in [4.78, 5) is 3.65. The number of halogens is 5. The largest absolute Gasteiger partial charge is 0.417 e. The Morgan fingerprint density at radius 1 is 1.31 bits per heavy atom. The number of hydrazine groups is 1. The molecule has 1 unspecified atom stereocenters. The summed E-state index contributed by atoms with van der Waals surface area (Å²) in [6.45, 7) is 1.70. The van der Waals surface area contributed by atoms with Crippen LogP contribution < -0.4 is 11.3 Å². The molecule has 3 nitrogen and oxygen atoms in total. The van der Waals surface area contributed by atoms with E-state index in [0.717, 1.165) is 12.3 Å². The molecule has 0 bridgehead atoms. The van der Waals surface area contributed by atoms with Gasteiger partial charge in [-0.1, -0.05) is 0 Å². The van der Waals surface area contributed by atoms with Crippen LogP contribution in [0.1, 0.15) is 24.2 Å². The third kappa shape index (κ3) is 4.52. The van der Waals surface area contributed by atoms with Gasteiger partial charge in [-0.05, 0) is 19.1 Å². The van der Waals surface area contributed by atoms with Crippen LogP contribution in [0.25, 0.3) is 0 Å². The van der Waals surface area contributed by atoms with Gasteiger partial charge in [0.05, 0.1) is 17.3 Å². The Morgan fingerprint density at radius 3 is 2.19 bits per heavy atom. The number of rotatable bonds is 2. The number of alkyl halides is 3. The van der Waals surface area contributed by atoms with Gasteiger partial charge in [0.25, 0.3) is 0 Å². The molecule has 0 saturated heterocycles. The van der Waals surface area contributed by atoms with Crippen molar-refractivity contribution < 1.29 is 13.2 Å². The summed E-state index contributed by atoms with van der Waals surface area (Å²) in [5, 5.41) is 0. The Morgan fingerprint density at radius 2 is 1.88 bits per heavy atom. The highest BCUT2D eigenvalue weighted by molar-refractivity contribution is 5.85. The van der Waals surface area contributed by atoms with Gasteiger partial charge in [0.15, 0.2) is 0 Å². The van der Waals surface area contributed by atoms with Gasteiger partial charge < -0.3 is 0 Å². The van der Waals surface area contributed by atoms with Crippen molar-refractivity contribution in [2.75, 3.05) is 0 Å². The molecule has 1 rings (SSSR count). The summed E-state index contributed by atoms with van der Waals surface area (Å²) in [5.74, 6) is 5.12. The van der Waals surface area contributed by atoms with Crippen molar-refractivity contribution in [3.63, 3.8) is 0 Å². The molecule has 1 heterocycles. The minimum atomic E-state index is -4.34. The predicted octanol–water partition coefficient (Wildman–Crippen LogP) is 2.47. The van der Waals surface area contributed by atoms with Crippen LogP contribution in [0.15, 0.2) is 18.3 Å². The zero-order chi connectivity index (χ0) is 10.8. The first kappa shape index (κ1) is 17.8. The second-order valence-electron chi connectivity index (χ2n) is 2.86. The second kappa shape index (κ2) is 6.90. The van der Waals surface area contributed by atoms with Crippen molar-refractivity contribution in [1.29, 1.82) is 0 Å². The topological polar surface area (TPSA) is 50.9 Å². The molecular weight excluding hydrogens is 266 g/mol. The number of pyridine rings is 1. The van der Waals surface area contributed by atoms with Gasteiger partial charge in [-0.3, -0.25) is 16.3 Å². The Hall–Kier alpha value is -0.560. The smallest absolute Gasteiger partial charge is 0.271 e. The summed E-state index contributed by atoms with van der Waals surface area (Å²) in [6.07, 6.45) is -3.55. The van der Waals surface area contributed by atoms with E-state index in [1.807, 2.05) is 0 Å².